The third-order valence-corrected chi connectivity index (χ3v) is 1.12. The van der Waals surface area contributed by atoms with Gasteiger partial charge in [0.15, 0.2) is 5.78 Å². The highest BCUT2D eigenvalue weighted by Crippen LogP contribution is 1.96. The van der Waals surface area contributed by atoms with Gasteiger partial charge in [0.05, 0.1) is 6.61 Å². The van der Waals surface area contributed by atoms with Crippen LogP contribution in [0.25, 0.3) is 0 Å². The van der Waals surface area contributed by atoms with Crippen LogP contribution in [0.15, 0.2) is 23.8 Å². The topological polar surface area (TPSA) is 37.3 Å². The minimum atomic E-state index is -0.0232. The molecule has 10 heavy (non-hydrogen) atoms. The van der Waals surface area contributed by atoms with Crippen LogP contribution in [-0.2, 0) is 4.79 Å². The summed E-state index contributed by atoms with van der Waals surface area (Å²) in [5.41, 5.74) is 0.633. The number of aliphatic hydroxyl groups excluding tert-OH is 1. The number of hydrogen-bond acceptors (Lipinski definition) is 2. The minimum absolute atomic E-state index is 0.0206. The molecular weight excluding hydrogens is 128 g/mol. The molecule has 56 valence electrons. The highest BCUT2D eigenvalue weighted by molar-refractivity contribution is 5.95. The Hall–Kier alpha value is -0.890. The normalized spacial score (nSPS) is 12.5. The van der Waals surface area contributed by atoms with Crippen molar-refractivity contribution in [3.8, 4) is 0 Å². The molecule has 0 amide bonds. The third kappa shape index (κ3) is 3.20. The van der Waals surface area contributed by atoms with Gasteiger partial charge in [0.1, 0.15) is 0 Å². The van der Waals surface area contributed by atoms with E-state index in [9.17, 15) is 4.79 Å². The van der Waals surface area contributed by atoms with Crippen LogP contribution in [0.4, 0.5) is 0 Å². The van der Waals surface area contributed by atoms with E-state index in [1.54, 1.807) is 19.1 Å². The first-order valence-corrected chi connectivity index (χ1v) is 3.17. The molecule has 0 rings (SSSR count). The number of hydrogen-bond donors (Lipinski definition) is 1. The molecule has 0 fully saturated rings. The summed E-state index contributed by atoms with van der Waals surface area (Å²) >= 11 is 0. The van der Waals surface area contributed by atoms with Crippen LogP contribution in [0.5, 0.6) is 0 Å². The van der Waals surface area contributed by atoms with Crippen LogP contribution < -0.4 is 0 Å². The number of carbonyl (C=O) groups is 1. The van der Waals surface area contributed by atoms with Gasteiger partial charge >= 0.3 is 0 Å². The Balaban J connectivity index is 4.12. The fourth-order valence-electron chi connectivity index (χ4n) is 0.597. The fraction of sp³-hybridized carbons (Fsp3) is 0.375. The first kappa shape index (κ1) is 9.11. The maximum absolute atomic E-state index is 10.7. The Morgan fingerprint density at radius 2 is 2.20 bits per heavy atom. The van der Waals surface area contributed by atoms with E-state index in [1.165, 1.54) is 13.0 Å². The third-order valence-electron chi connectivity index (χ3n) is 1.12. The van der Waals surface area contributed by atoms with Crippen LogP contribution in [0, 0.1) is 0 Å². The maximum atomic E-state index is 10.7. The zero-order valence-corrected chi connectivity index (χ0v) is 6.29. The summed E-state index contributed by atoms with van der Waals surface area (Å²) in [6.45, 7) is 3.26. The molecule has 0 radical (unpaired) electrons. The number of Topliss-reactive ketones (excluding diaryl/α,β-unsaturated/α-hetero) is 1. The van der Waals surface area contributed by atoms with Gasteiger partial charge in [-0.3, -0.25) is 4.79 Å². The Morgan fingerprint density at radius 1 is 1.60 bits per heavy atom. The van der Waals surface area contributed by atoms with Gasteiger partial charge in [-0.1, -0.05) is 18.2 Å². The van der Waals surface area contributed by atoms with Gasteiger partial charge < -0.3 is 5.11 Å². The molecule has 2 heteroatoms. The maximum Gasteiger partial charge on any atom is 0.159 e. The second-order valence-corrected chi connectivity index (χ2v) is 1.89. The van der Waals surface area contributed by atoms with Gasteiger partial charge in [-0.25, -0.2) is 0 Å². The second kappa shape index (κ2) is 4.94. The summed E-state index contributed by atoms with van der Waals surface area (Å²) in [6.07, 6.45) is 4.87. The summed E-state index contributed by atoms with van der Waals surface area (Å²) in [4.78, 5) is 10.7. The van der Waals surface area contributed by atoms with Crippen LogP contribution in [0.3, 0.4) is 0 Å². The Labute approximate surface area is 60.9 Å². The molecule has 0 aromatic carbocycles. The summed E-state index contributed by atoms with van der Waals surface area (Å²) in [6, 6.07) is 0. The van der Waals surface area contributed by atoms with Crippen molar-refractivity contribution in [3.05, 3.63) is 23.8 Å². The van der Waals surface area contributed by atoms with Gasteiger partial charge in [0, 0.05) is 5.57 Å². The molecule has 0 unspecified atom stereocenters. The summed E-state index contributed by atoms with van der Waals surface area (Å²) < 4.78 is 0. The molecule has 0 saturated carbocycles. The van der Waals surface area contributed by atoms with Crippen molar-refractivity contribution < 1.29 is 9.90 Å². The molecule has 0 aromatic rings. The van der Waals surface area contributed by atoms with Gasteiger partial charge in [0.25, 0.3) is 0 Å². The van der Waals surface area contributed by atoms with Crippen molar-refractivity contribution in [2.75, 3.05) is 6.61 Å². The quantitative estimate of drug-likeness (QED) is 0.470. The summed E-state index contributed by atoms with van der Waals surface area (Å²) in [5, 5.41) is 8.37. The lowest BCUT2D eigenvalue weighted by Crippen LogP contribution is -1.92. The highest BCUT2D eigenvalue weighted by atomic mass is 16.2. The molecule has 0 saturated heterocycles. The van der Waals surface area contributed by atoms with Gasteiger partial charge in [-0.05, 0) is 13.8 Å². The lowest BCUT2D eigenvalue weighted by atomic mass is 10.1. The molecule has 1 N–H and O–H groups in total. The Bertz CT molecular complexity index is 166. The van der Waals surface area contributed by atoms with E-state index in [0.717, 1.165) is 0 Å². The van der Waals surface area contributed by atoms with Crippen LogP contribution in [0.2, 0.25) is 0 Å². The van der Waals surface area contributed by atoms with Crippen LogP contribution in [0.1, 0.15) is 13.8 Å². The number of allylic oxidation sites excluding steroid dienone is 3. The standard InChI is InChI=1S/C8H12O2/c1-3-8(7(2)10)5-4-6-9/h3-5,9H,6H2,1-2H3/b5-4-,8-3+. The average Bonchev–Trinajstić information content (AvgIpc) is 1.89. The van der Waals surface area contributed by atoms with E-state index in [4.69, 9.17) is 5.11 Å². The molecule has 0 spiro atoms. The van der Waals surface area contributed by atoms with E-state index in [1.807, 2.05) is 0 Å². The molecule has 2 nitrogen and oxygen atoms in total. The van der Waals surface area contributed by atoms with E-state index in [2.05, 4.69) is 0 Å². The van der Waals surface area contributed by atoms with Crippen molar-refractivity contribution in [1.82, 2.24) is 0 Å². The monoisotopic (exact) mass is 140 g/mol. The molecule has 0 aliphatic carbocycles. The molecule has 0 atom stereocenters. The molecular formula is C8H12O2. The number of aliphatic hydroxyl groups is 1. The first-order valence-electron chi connectivity index (χ1n) is 3.17. The zero-order chi connectivity index (χ0) is 7.98. The fourth-order valence-corrected chi connectivity index (χ4v) is 0.597. The van der Waals surface area contributed by atoms with Crippen molar-refractivity contribution >= 4 is 5.78 Å². The predicted molar refractivity (Wildman–Crippen MR) is 40.7 cm³/mol. The van der Waals surface area contributed by atoms with Gasteiger partial charge in [-0.2, -0.15) is 0 Å². The average molecular weight is 140 g/mol. The van der Waals surface area contributed by atoms with E-state index >= 15 is 0 Å². The van der Waals surface area contributed by atoms with E-state index in [0.29, 0.717) is 5.57 Å². The molecule has 0 aromatic heterocycles. The minimum Gasteiger partial charge on any atom is -0.392 e. The van der Waals surface area contributed by atoms with Crippen LogP contribution in [-0.4, -0.2) is 17.5 Å². The molecule has 0 heterocycles. The number of ketones is 1. The van der Waals surface area contributed by atoms with E-state index < -0.39 is 0 Å². The lowest BCUT2D eigenvalue weighted by Gasteiger charge is -1.91. The highest BCUT2D eigenvalue weighted by Gasteiger charge is 1.94. The van der Waals surface area contributed by atoms with Crippen LogP contribution >= 0.6 is 0 Å². The smallest absolute Gasteiger partial charge is 0.159 e. The van der Waals surface area contributed by atoms with Gasteiger partial charge in [0.2, 0.25) is 0 Å². The largest absolute Gasteiger partial charge is 0.392 e. The van der Waals surface area contributed by atoms with Gasteiger partial charge in [-0.15, -0.1) is 0 Å². The van der Waals surface area contributed by atoms with Crippen molar-refractivity contribution in [2.24, 2.45) is 0 Å². The zero-order valence-electron chi connectivity index (χ0n) is 6.29. The SMILES string of the molecule is C/C=C(\C=C/CO)C(C)=O. The van der Waals surface area contributed by atoms with Crippen molar-refractivity contribution in [3.63, 3.8) is 0 Å². The molecule has 0 bridgehead atoms. The van der Waals surface area contributed by atoms with Crippen molar-refractivity contribution in [2.45, 2.75) is 13.8 Å². The second-order valence-electron chi connectivity index (χ2n) is 1.89. The molecule has 0 aliphatic heterocycles. The Morgan fingerprint density at radius 3 is 2.50 bits per heavy atom. The Kier molecular flexibility index (Phi) is 4.50. The summed E-state index contributed by atoms with van der Waals surface area (Å²) in [7, 11) is 0. The van der Waals surface area contributed by atoms with E-state index in [-0.39, 0.29) is 12.4 Å². The first-order chi connectivity index (χ1) is 4.72. The predicted octanol–water partition coefficient (Wildman–Crippen LogP) is 1.07. The van der Waals surface area contributed by atoms with Crippen molar-refractivity contribution in [1.29, 1.82) is 0 Å². The lowest BCUT2D eigenvalue weighted by molar-refractivity contribution is -0.113. The molecule has 0 aliphatic rings. The summed E-state index contributed by atoms with van der Waals surface area (Å²) in [5.74, 6) is 0.0206. The number of carbonyl (C=O) groups excluding carboxylic acids is 1. The number of rotatable bonds is 3.